The lowest BCUT2D eigenvalue weighted by Crippen LogP contribution is -2.45. The molecule has 2 aliphatic rings. The van der Waals surface area contributed by atoms with Crippen molar-refractivity contribution in [3.8, 4) is 5.75 Å². The Balaban J connectivity index is 1.56. The molecule has 0 aliphatic carbocycles. The van der Waals surface area contributed by atoms with Gasteiger partial charge in [-0.1, -0.05) is 88.4 Å². The zero-order valence-corrected chi connectivity index (χ0v) is 30.2. The second kappa shape index (κ2) is 15.4. The lowest BCUT2D eigenvalue weighted by molar-refractivity contribution is -0.151. The van der Waals surface area contributed by atoms with Crippen LogP contribution in [0, 0.1) is 5.92 Å². The van der Waals surface area contributed by atoms with E-state index in [1.54, 1.807) is 7.11 Å². The van der Waals surface area contributed by atoms with E-state index in [0.717, 1.165) is 22.4 Å². The maximum Gasteiger partial charge on any atom is 0.308 e. The van der Waals surface area contributed by atoms with Gasteiger partial charge < -0.3 is 28.1 Å². The lowest BCUT2D eigenvalue weighted by Gasteiger charge is -2.40. The van der Waals surface area contributed by atoms with Gasteiger partial charge in [0.2, 0.25) is 0 Å². The van der Waals surface area contributed by atoms with Crippen LogP contribution in [0.5, 0.6) is 5.75 Å². The van der Waals surface area contributed by atoms with Crippen LogP contribution >= 0.6 is 0 Å². The summed E-state index contributed by atoms with van der Waals surface area (Å²) in [5, 5.41) is 0.00331. The highest BCUT2D eigenvalue weighted by atomic mass is 28.4. The van der Waals surface area contributed by atoms with Crippen molar-refractivity contribution in [2.24, 2.45) is 5.92 Å². The Morgan fingerprint density at radius 1 is 1.07 bits per heavy atom. The number of rotatable bonds is 9. The van der Waals surface area contributed by atoms with Gasteiger partial charge in [0.1, 0.15) is 18.0 Å². The van der Waals surface area contributed by atoms with Crippen molar-refractivity contribution < 1.29 is 32.9 Å². The molecule has 0 N–H and O–H groups in total. The van der Waals surface area contributed by atoms with Gasteiger partial charge in [-0.05, 0) is 68.1 Å². The van der Waals surface area contributed by atoms with E-state index in [-0.39, 0.29) is 35.6 Å². The summed E-state index contributed by atoms with van der Waals surface area (Å²) in [7, 11) is -0.519. The molecule has 2 aromatic carbocycles. The topological polar surface area (TPSA) is 72.5 Å². The molecule has 1 saturated heterocycles. The predicted molar refractivity (Wildman–Crippen MR) is 184 cm³/mol. The SMILES string of the molecule is COc1ccc(COC/C=C(\C)[C@H]2OC(=O)CC(O[Si](C)(C)C(C)(C)C)CC[C@@]3(C)O[C@@H](c4ccccc4)O[C@H]3/C=C\[C@@H]2C)cc1. The number of hydrogen-bond acceptors (Lipinski definition) is 7. The van der Waals surface area contributed by atoms with Gasteiger partial charge in [-0.25, -0.2) is 0 Å². The Morgan fingerprint density at radius 2 is 1.76 bits per heavy atom. The van der Waals surface area contributed by atoms with E-state index < -0.39 is 26.3 Å². The van der Waals surface area contributed by atoms with Crippen LogP contribution in [0.3, 0.4) is 0 Å². The van der Waals surface area contributed by atoms with Crippen LogP contribution in [0.4, 0.5) is 0 Å². The van der Waals surface area contributed by atoms with Crippen LogP contribution in [0.15, 0.2) is 78.4 Å². The largest absolute Gasteiger partial charge is 0.497 e. The average molecular weight is 651 g/mol. The number of fused-ring (bicyclic) bond motifs is 1. The highest BCUT2D eigenvalue weighted by Gasteiger charge is 2.47. The smallest absolute Gasteiger partial charge is 0.308 e. The molecular formula is C38H54O7Si. The van der Waals surface area contributed by atoms with Crippen molar-refractivity contribution in [1.82, 2.24) is 0 Å². The summed E-state index contributed by atoms with van der Waals surface area (Å²) in [5.74, 6) is 0.451. The number of carbonyl (C=O) groups is 1. The van der Waals surface area contributed by atoms with Crippen molar-refractivity contribution >= 4 is 14.3 Å². The van der Waals surface area contributed by atoms with Crippen molar-refractivity contribution in [1.29, 1.82) is 0 Å². The van der Waals surface area contributed by atoms with E-state index in [1.165, 1.54) is 0 Å². The van der Waals surface area contributed by atoms with Gasteiger partial charge in [-0.15, -0.1) is 0 Å². The van der Waals surface area contributed by atoms with Gasteiger partial charge in [-0.2, -0.15) is 0 Å². The highest BCUT2D eigenvalue weighted by Crippen LogP contribution is 2.44. The molecule has 2 aromatic rings. The first-order chi connectivity index (χ1) is 21.7. The lowest BCUT2D eigenvalue weighted by atomic mass is 9.89. The summed E-state index contributed by atoms with van der Waals surface area (Å²) in [6.45, 7) is 18.2. The van der Waals surface area contributed by atoms with Gasteiger partial charge in [0.15, 0.2) is 14.6 Å². The second-order valence-corrected chi connectivity index (χ2v) is 19.2. The van der Waals surface area contributed by atoms with Crippen LogP contribution in [0.25, 0.3) is 0 Å². The number of carbonyl (C=O) groups excluding carboxylic acids is 1. The molecule has 1 fully saturated rings. The molecular weight excluding hydrogens is 596 g/mol. The molecule has 0 aromatic heterocycles. The zero-order chi connectivity index (χ0) is 33.5. The third-order valence-electron chi connectivity index (χ3n) is 9.67. The van der Waals surface area contributed by atoms with Crippen LogP contribution in [-0.2, 0) is 34.8 Å². The van der Waals surface area contributed by atoms with E-state index in [2.05, 4.69) is 59.9 Å². The van der Waals surface area contributed by atoms with E-state index in [9.17, 15) is 4.79 Å². The average Bonchev–Trinajstić information content (AvgIpc) is 3.35. The Hall–Kier alpha value is -2.75. The summed E-state index contributed by atoms with van der Waals surface area (Å²) in [6, 6.07) is 17.9. The van der Waals surface area contributed by atoms with Gasteiger partial charge in [0.25, 0.3) is 0 Å². The van der Waals surface area contributed by atoms with Gasteiger partial charge in [-0.3, -0.25) is 4.79 Å². The quantitative estimate of drug-likeness (QED) is 0.116. The third-order valence-corrected chi connectivity index (χ3v) is 14.2. The Kier molecular flexibility index (Phi) is 12.1. The minimum absolute atomic E-state index is 0.00331. The van der Waals surface area contributed by atoms with Gasteiger partial charge >= 0.3 is 5.97 Å². The van der Waals surface area contributed by atoms with Crippen LogP contribution in [0.1, 0.15) is 78.2 Å². The minimum atomic E-state index is -2.17. The molecule has 2 heterocycles. The molecule has 0 saturated carbocycles. The fourth-order valence-electron chi connectivity index (χ4n) is 5.64. The highest BCUT2D eigenvalue weighted by molar-refractivity contribution is 6.74. The molecule has 1 unspecified atom stereocenters. The van der Waals surface area contributed by atoms with Crippen LogP contribution in [0.2, 0.25) is 18.1 Å². The van der Waals surface area contributed by atoms with E-state index in [0.29, 0.717) is 26.1 Å². The monoisotopic (exact) mass is 650 g/mol. The van der Waals surface area contributed by atoms with Crippen molar-refractivity contribution in [3.05, 3.63) is 89.5 Å². The van der Waals surface area contributed by atoms with E-state index >= 15 is 0 Å². The Bertz CT molecular complexity index is 1330. The molecule has 7 nitrogen and oxygen atoms in total. The summed E-state index contributed by atoms with van der Waals surface area (Å²) in [5.41, 5.74) is 2.39. The second-order valence-electron chi connectivity index (χ2n) is 14.4. The minimum Gasteiger partial charge on any atom is -0.497 e. The number of cyclic esters (lactones) is 1. The van der Waals surface area contributed by atoms with Crippen LogP contribution < -0.4 is 4.74 Å². The fourth-order valence-corrected chi connectivity index (χ4v) is 7.03. The summed E-state index contributed by atoms with van der Waals surface area (Å²) >= 11 is 0. The normalized spacial score (nSPS) is 28.8. The van der Waals surface area contributed by atoms with E-state index in [1.807, 2.05) is 67.6 Å². The number of benzene rings is 2. The first kappa shape index (κ1) is 36.1. The molecule has 252 valence electrons. The van der Waals surface area contributed by atoms with Crippen LogP contribution in [-0.4, -0.2) is 51.9 Å². The molecule has 2 aliphatic heterocycles. The molecule has 4 rings (SSSR count). The first-order valence-electron chi connectivity index (χ1n) is 16.5. The molecule has 8 heteroatoms. The maximum absolute atomic E-state index is 13.6. The molecule has 0 amide bonds. The molecule has 0 bridgehead atoms. The van der Waals surface area contributed by atoms with Gasteiger partial charge in [0.05, 0.1) is 38.4 Å². The Morgan fingerprint density at radius 3 is 2.41 bits per heavy atom. The molecule has 46 heavy (non-hydrogen) atoms. The number of methoxy groups -OCH3 is 1. The fraction of sp³-hybridized carbons (Fsp3) is 0.553. The Labute approximate surface area is 277 Å². The molecule has 0 spiro atoms. The van der Waals surface area contributed by atoms with Gasteiger partial charge in [0, 0.05) is 11.5 Å². The summed E-state index contributed by atoms with van der Waals surface area (Å²) < 4.78 is 37.5. The zero-order valence-electron chi connectivity index (χ0n) is 29.2. The maximum atomic E-state index is 13.6. The van der Waals surface area contributed by atoms with Crippen molar-refractivity contribution in [3.63, 3.8) is 0 Å². The summed E-state index contributed by atoms with van der Waals surface area (Å²) in [6.07, 6.45) is 6.21. The number of hydrogen-bond donors (Lipinski definition) is 0. The van der Waals surface area contributed by atoms with Crippen molar-refractivity contribution in [2.45, 2.75) is 116 Å². The molecule has 6 atom stereocenters. The molecule has 0 radical (unpaired) electrons. The predicted octanol–water partition coefficient (Wildman–Crippen LogP) is 8.71. The van der Waals surface area contributed by atoms with E-state index in [4.69, 9.17) is 28.1 Å². The standard InChI is InChI=1S/C38H54O7Si/c1-27-15-20-33-38(6,44-36(42-33)30-13-11-10-12-14-30)23-21-32(45-46(8,9)37(3,4)5)25-34(39)43-35(27)28(2)22-24-41-26-29-16-18-31(40-7)19-17-29/h10-20,22,27,32-33,35-36H,21,23-26H2,1-9H3/b20-15-,28-22+/t27-,32?,33-,35-,36-,38+/m0/s1. The number of esters is 1. The summed E-state index contributed by atoms with van der Waals surface area (Å²) in [4.78, 5) is 13.6. The number of ether oxygens (including phenoxy) is 5. The third kappa shape index (κ3) is 9.41. The first-order valence-corrected chi connectivity index (χ1v) is 19.4. The van der Waals surface area contributed by atoms with Crippen molar-refractivity contribution in [2.75, 3.05) is 13.7 Å².